The third kappa shape index (κ3) is 3.11. The molecule has 0 spiro atoms. The summed E-state index contributed by atoms with van der Waals surface area (Å²) >= 11 is 0. The van der Waals surface area contributed by atoms with Crippen LogP contribution < -0.4 is 0 Å². The topological polar surface area (TPSA) is 87.0 Å². The van der Waals surface area contributed by atoms with Crippen molar-refractivity contribution in [3.05, 3.63) is 23.3 Å². The minimum atomic E-state index is -1.45. The first kappa shape index (κ1) is 16.4. The summed E-state index contributed by atoms with van der Waals surface area (Å²) in [5.74, 6) is -0.175. The molecule has 2 aliphatic rings. The van der Waals surface area contributed by atoms with E-state index >= 15 is 0 Å². The molecule has 2 rings (SSSR count). The first-order valence-corrected chi connectivity index (χ1v) is 7.22. The minimum absolute atomic E-state index is 0.142. The highest BCUT2D eigenvalue weighted by Gasteiger charge is 2.56. The van der Waals surface area contributed by atoms with Crippen molar-refractivity contribution in [3.8, 4) is 0 Å². The predicted octanol–water partition coefficient (Wildman–Crippen LogP) is 0.872. The Kier molecular flexibility index (Phi) is 4.14. The van der Waals surface area contributed by atoms with Gasteiger partial charge in [0.15, 0.2) is 5.78 Å². The molecular weight excluding hydrogens is 272 g/mol. The number of rotatable bonds is 3. The van der Waals surface area contributed by atoms with Crippen LogP contribution in [-0.4, -0.2) is 50.6 Å². The highest BCUT2D eigenvalue weighted by Crippen LogP contribution is 2.43. The molecule has 0 saturated carbocycles. The SMILES string of the molecule is CC(C)=CC(=O)C1=C[C@H](O)[C@]2(O)C[C@H](C(C)(C)O)O[C@H]2C1. The summed E-state index contributed by atoms with van der Waals surface area (Å²) < 4.78 is 5.71. The van der Waals surface area contributed by atoms with Crippen LogP contribution in [0.2, 0.25) is 0 Å². The number of ketones is 1. The van der Waals surface area contributed by atoms with Gasteiger partial charge < -0.3 is 20.1 Å². The average Bonchev–Trinajstić information content (AvgIpc) is 2.67. The van der Waals surface area contributed by atoms with Crippen molar-refractivity contribution in [1.29, 1.82) is 0 Å². The lowest BCUT2D eigenvalue weighted by atomic mass is 9.77. The smallest absolute Gasteiger partial charge is 0.181 e. The van der Waals surface area contributed by atoms with Gasteiger partial charge in [0.25, 0.3) is 0 Å². The highest BCUT2D eigenvalue weighted by molar-refractivity contribution is 6.04. The van der Waals surface area contributed by atoms with Gasteiger partial charge in [-0.25, -0.2) is 0 Å². The van der Waals surface area contributed by atoms with Crippen molar-refractivity contribution in [1.82, 2.24) is 0 Å². The molecule has 0 bridgehead atoms. The molecule has 0 aromatic heterocycles. The van der Waals surface area contributed by atoms with E-state index in [1.165, 1.54) is 12.2 Å². The maximum atomic E-state index is 12.1. The quantitative estimate of drug-likeness (QED) is 0.673. The van der Waals surface area contributed by atoms with Gasteiger partial charge in [-0.1, -0.05) is 5.57 Å². The van der Waals surface area contributed by atoms with Crippen molar-refractivity contribution in [3.63, 3.8) is 0 Å². The van der Waals surface area contributed by atoms with Gasteiger partial charge in [-0.3, -0.25) is 4.79 Å². The van der Waals surface area contributed by atoms with Crippen LogP contribution in [0.5, 0.6) is 0 Å². The number of carbonyl (C=O) groups is 1. The second kappa shape index (κ2) is 5.32. The van der Waals surface area contributed by atoms with Gasteiger partial charge in [-0.05, 0) is 39.8 Å². The molecule has 1 aliphatic heterocycles. The Hall–Kier alpha value is -1.01. The summed E-state index contributed by atoms with van der Waals surface area (Å²) in [4.78, 5) is 12.1. The molecule has 1 heterocycles. The molecular formula is C16H24O5. The van der Waals surface area contributed by atoms with Crippen LogP contribution in [0.1, 0.15) is 40.5 Å². The summed E-state index contributed by atoms with van der Waals surface area (Å²) in [6, 6.07) is 0. The van der Waals surface area contributed by atoms with Crippen LogP contribution in [0.3, 0.4) is 0 Å². The Morgan fingerprint density at radius 2 is 2.10 bits per heavy atom. The van der Waals surface area contributed by atoms with Gasteiger partial charge >= 0.3 is 0 Å². The van der Waals surface area contributed by atoms with Crippen molar-refractivity contribution in [2.24, 2.45) is 0 Å². The van der Waals surface area contributed by atoms with Crippen LogP contribution in [0.4, 0.5) is 0 Å². The molecule has 0 radical (unpaired) electrons. The van der Waals surface area contributed by atoms with E-state index in [2.05, 4.69) is 0 Å². The molecule has 4 atom stereocenters. The molecule has 1 fully saturated rings. The van der Waals surface area contributed by atoms with Crippen LogP contribution in [0, 0.1) is 0 Å². The normalized spacial score (nSPS) is 36.0. The first-order chi connectivity index (χ1) is 9.54. The standard InChI is InChI=1S/C16H24O5/c1-9(2)5-11(17)10-6-12(18)16(20)8-14(15(3,4)19)21-13(16)7-10/h5-6,12-14,18-20H,7-8H2,1-4H3/t12-,13-,14+,16+/m0/s1. The lowest BCUT2D eigenvalue weighted by Crippen LogP contribution is -2.51. The number of aliphatic hydroxyl groups is 3. The van der Waals surface area contributed by atoms with E-state index in [4.69, 9.17) is 4.74 Å². The van der Waals surface area contributed by atoms with E-state index < -0.39 is 29.5 Å². The van der Waals surface area contributed by atoms with Crippen molar-refractivity contribution >= 4 is 5.78 Å². The van der Waals surface area contributed by atoms with E-state index in [0.29, 0.717) is 5.57 Å². The van der Waals surface area contributed by atoms with Gasteiger partial charge in [-0.2, -0.15) is 0 Å². The molecule has 118 valence electrons. The third-order valence-electron chi connectivity index (χ3n) is 4.20. The highest BCUT2D eigenvalue weighted by atomic mass is 16.5. The number of hydrogen-bond acceptors (Lipinski definition) is 5. The fourth-order valence-corrected chi connectivity index (χ4v) is 2.89. The predicted molar refractivity (Wildman–Crippen MR) is 77.7 cm³/mol. The zero-order chi connectivity index (χ0) is 16.0. The Morgan fingerprint density at radius 1 is 1.48 bits per heavy atom. The van der Waals surface area contributed by atoms with Gasteiger partial charge in [0.05, 0.1) is 17.8 Å². The van der Waals surface area contributed by atoms with E-state index in [1.807, 2.05) is 13.8 Å². The number of allylic oxidation sites excluding steroid dienone is 2. The summed E-state index contributed by atoms with van der Waals surface area (Å²) in [6.45, 7) is 6.86. The van der Waals surface area contributed by atoms with Crippen LogP contribution in [0.15, 0.2) is 23.3 Å². The van der Waals surface area contributed by atoms with Crippen LogP contribution >= 0.6 is 0 Å². The van der Waals surface area contributed by atoms with Gasteiger partial charge in [0.2, 0.25) is 0 Å². The maximum Gasteiger partial charge on any atom is 0.181 e. The van der Waals surface area contributed by atoms with E-state index in [9.17, 15) is 20.1 Å². The maximum absolute atomic E-state index is 12.1. The number of fused-ring (bicyclic) bond motifs is 1. The van der Waals surface area contributed by atoms with Crippen LogP contribution in [-0.2, 0) is 9.53 Å². The van der Waals surface area contributed by atoms with Gasteiger partial charge in [0.1, 0.15) is 11.7 Å². The largest absolute Gasteiger partial charge is 0.388 e. The van der Waals surface area contributed by atoms with Crippen LogP contribution in [0.25, 0.3) is 0 Å². The number of carbonyl (C=O) groups excluding carboxylic acids is 1. The molecule has 21 heavy (non-hydrogen) atoms. The summed E-state index contributed by atoms with van der Waals surface area (Å²) in [5, 5.41) is 30.9. The average molecular weight is 296 g/mol. The second-order valence-electron chi connectivity index (χ2n) is 6.89. The first-order valence-electron chi connectivity index (χ1n) is 7.22. The van der Waals surface area contributed by atoms with E-state index in [-0.39, 0.29) is 18.6 Å². The Balaban J connectivity index is 2.24. The lowest BCUT2D eigenvalue weighted by Gasteiger charge is -2.35. The molecule has 0 aromatic carbocycles. The number of hydrogen-bond donors (Lipinski definition) is 3. The lowest BCUT2D eigenvalue weighted by molar-refractivity contribution is -0.125. The van der Waals surface area contributed by atoms with E-state index in [0.717, 1.165) is 5.57 Å². The summed E-state index contributed by atoms with van der Waals surface area (Å²) in [5.41, 5.74) is -1.25. The third-order valence-corrected chi connectivity index (χ3v) is 4.20. The Bertz CT molecular complexity index is 495. The molecule has 0 unspecified atom stereocenters. The van der Waals surface area contributed by atoms with Crippen molar-refractivity contribution < 1.29 is 24.9 Å². The zero-order valence-electron chi connectivity index (χ0n) is 13.0. The Morgan fingerprint density at radius 3 is 2.62 bits per heavy atom. The van der Waals surface area contributed by atoms with Gasteiger partial charge in [-0.15, -0.1) is 0 Å². The van der Waals surface area contributed by atoms with Crippen molar-refractivity contribution in [2.75, 3.05) is 0 Å². The summed E-state index contributed by atoms with van der Waals surface area (Å²) in [6.07, 6.45) is 0.867. The fraction of sp³-hybridized carbons (Fsp3) is 0.688. The molecule has 1 aliphatic carbocycles. The molecule has 0 aromatic rings. The fourth-order valence-electron chi connectivity index (χ4n) is 2.89. The molecule has 3 N–H and O–H groups in total. The minimum Gasteiger partial charge on any atom is -0.388 e. The van der Waals surface area contributed by atoms with E-state index in [1.54, 1.807) is 13.8 Å². The monoisotopic (exact) mass is 296 g/mol. The summed E-state index contributed by atoms with van der Waals surface area (Å²) in [7, 11) is 0. The zero-order valence-corrected chi connectivity index (χ0v) is 13.0. The molecule has 0 amide bonds. The number of ether oxygens (including phenoxy) is 1. The Labute approximate surface area is 124 Å². The van der Waals surface area contributed by atoms with Crippen molar-refractivity contribution in [2.45, 2.75) is 70.1 Å². The molecule has 5 heteroatoms. The molecule has 1 saturated heterocycles. The van der Waals surface area contributed by atoms with Gasteiger partial charge in [0, 0.05) is 18.4 Å². The second-order valence-corrected chi connectivity index (χ2v) is 6.89. The number of aliphatic hydroxyl groups excluding tert-OH is 1. The molecule has 5 nitrogen and oxygen atoms in total.